The number of aromatic nitrogens is 2. The number of anilines is 1. The van der Waals surface area contributed by atoms with Crippen molar-refractivity contribution < 1.29 is 9.84 Å². The number of methoxy groups -OCH3 is 1. The summed E-state index contributed by atoms with van der Waals surface area (Å²) in [6.07, 6.45) is -0.475. The van der Waals surface area contributed by atoms with E-state index in [-0.39, 0.29) is 0 Å². The average molecular weight is 260 g/mol. The van der Waals surface area contributed by atoms with Crippen LogP contribution < -0.4 is 4.90 Å². The molecule has 0 aliphatic rings. The minimum atomic E-state index is -0.475. The Morgan fingerprint density at radius 1 is 1.41 bits per heavy atom. The number of likely N-dealkylation sites (N-methyl/N-ethyl adjacent to an activating group) is 1. The van der Waals surface area contributed by atoms with Gasteiger partial charge in [-0.1, -0.05) is 0 Å². The van der Waals surface area contributed by atoms with Gasteiger partial charge in [0.15, 0.2) is 5.82 Å². The number of rotatable bonds is 7. The molecule has 0 saturated carbocycles. The Bertz CT molecular complexity index is 332. The lowest BCUT2D eigenvalue weighted by Gasteiger charge is -2.18. The second-order valence-electron chi connectivity index (χ2n) is 4.19. The van der Waals surface area contributed by atoms with E-state index >= 15 is 0 Å². The highest BCUT2D eigenvalue weighted by molar-refractivity contribution is 7.09. The van der Waals surface area contributed by atoms with E-state index in [0.717, 1.165) is 11.0 Å². The van der Waals surface area contributed by atoms with Gasteiger partial charge in [-0.15, -0.1) is 0 Å². The number of aliphatic hydroxyl groups is 1. The van der Waals surface area contributed by atoms with Crippen LogP contribution in [0.1, 0.15) is 5.82 Å². The van der Waals surface area contributed by atoms with Crippen molar-refractivity contribution in [2.24, 2.45) is 0 Å². The molecule has 1 aromatic heterocycles. The van der Waals surface area contributed by atoms with E-state index in [1.165, 1.54) is 11.5 Å². The molecule has 1 unspecified atom stereocenters. The highest BCUT2D eigenvalue weighted by atomic mass is 32.1. The largest absolute Gasteiger partial charge is 0.389 e. The van der Waals surface area contributed by atoms with Crippen LogP contribution in [0.4, 0.5) is 5.13 Å². The molecule has 0 aromatic carbocycles. The number of hydrogen-bond donors (Lipinski definition) is 1. The molecule has 1 N–H and O–H groups in total. The maximum atomic E-state index is 9.58. The van der Waals surface area contributed by atoms with Crippen LogP contribution in [0.3, 0.4) is 0 Å². The van der Waals surface area contributed by atoms with Crippen molar-refractivity contribution in [2.75, 3.05) is 46.3 Å². The molecule has 98 valence electrons. The quantitative estimate of drug-likeness (QED) is 0.747. The van der Waals surface area contributed by atoms with Gasteiger partial charge in [0.2, 0.25) is 5.13 Å². The molecule has 0 aliphatic heterocycles. The molecule has 6 nitrogen and oxygen atoms in total. The molecule has 0 bridgehead atoms. The van der Waals surface area contributed by atoms with E-state index in [2.05, 4.69) is 9.36 Å². The lowest BCUT2D eigenvalue weighted by Crippen LogP contribution is -2.31. The van der Waals surface area contributed by atoms with Gasteiger partial charge in [0.25, 0.3) is 0 Å². The molecule has 0 amide bonds. The zero-order valence-corrected chi connectivity index (χ0v) is 11.6. The summed E-state index contributed by atoms with van der Waals surface area (Å²) >= 11 is 1.38. The third-order valence-electron chi connectivity index (χ3n) is 2.13. The van der Waals surface area contributed by atoms with Gasteiger partial charge in [-0.3, -0.25) is 4.90 Å². The molecular weight excluding hydrogens is 240 g/mol. The third kappa shape index (κ3) is 4.95. The minimum absolute atomic E-state index is 0.345. The van der Waals surface area contributed by atoms with Crippen molar-refractivity contribution in [3.63, 3.8) is 0 Å². The first-order valence-electron chi connectivity index (χ1n) is 5.38. The number of ether oxygens (including phenoxy) is 1. The van der Waals surface area contributed by atoms with Gasteiger partial charge in [0, 0.05) is 39.3 Å². The van der Waals surface area contributed by atoms with E-state index < -0.39 is 6.10 Å². The Hall–Kier alpha value is -0.760. The van der Waals surface area contributed by atoms with Crippen molar-refractivity contribution >= 4 is 16.7 Å². The zero-order valence-electron chi connectivity index (χ0n) is 10.8. The number of nitrogens with zero attached hydrogens (tertiary/aromatic N) is 4. The molecule has 0 fully saturated rings. The Kier molecular flexibility index (Phi) is 5.76. The topological polar surface area (TPSA) is 61.7 Å². The maximum Gasteiger partial charge on any atom is 0.204 e. The van der Waals surface area contributed by atoms with Crippen LogP contribution in [0.25, 0.3) is 0 Å². The third-order valence-corrected chi connectivity index (χ3v) is 3.05. The first-order valence-corrected chi connectivity index (χ1v) is 6.15. The summed E-state index contributed by atoms with van der Waals surface area (Å²) in [5.74, 6) is 0.783. The molecule has 0 radical (unpaired) electrons. The van der Waals surface area contributed by atoms with Gasteiger partial charge < -0.3 is 14.7 Å². The predicted octanol–water partition coefficient (Wildman–Crippen LogP) is 0.0432. The van der Waals surface area contributed by atoms with Crippen LogP contribution in [-0.4, -0.2) is 66.9 Å². The summed E-state index contributed by atoms with van der Waals surface area (Å²) in [4.78, 5) is 8.29. The van der Waals surface area contributed by atoms with Gasteiger partial charge in [-0.05, 0) is 7.05 Å². The lowest BCUT2D eigenvalue weighted by molar-refractivity contribution is 0.0415. The Labute approximate surface area is 106 Å². The first kappa shape index (κ1) is 14.3. The number of hydrogen-bond acceptors (Lipinski definition) is 7. The van der Waals surface area contributed by atoms with Crippen LogP contribution in [0.2, 0.25) is 0 Å². The van der Waals surface area contributed by atoms with Crippen LogP contribution in [0.15, 0.2) is 0 Å². The van der Waals surface area contributed by atoms with Crippen molar-refractivity contribution in [2.45, 2.75) is 12.6 Å². The van der Waals surface area contributed by atoms with Crippen molar-refractivity contribution in [1.29, 1.82) is 0 Å². The molecule has 1 atom stereocenters. The van der Waals surface area contributed by atoms with Crippen molar-refractivity contribution in [3.8, 4) is 0 Å². The smallest absolute Gasteiger partial charge is 0.204 e. The summed E-state index contributed by atoms with van der Waals surface area (Å²) < 4.78 is 9.14. The van der Waals surface area contributed by atoms with E-state index in [4.69, 9.17) is 4.74 Å². The van der Waals surface area contributed by atoms with Crippen LogP contribution in [-0.2, 0) is 11.3 Å². The Balaban J connectivity index is 2.41. The summed E-state index contributed by atoms with van der Waals surface area (Å²) in [5.41, 5.74) is 0. The number of aliphatic hydroxyl groups excluding tert-OH is 1. The van der Waals surface area contributed by atoms with Crippen LogP contribution in [0.5, 0.6) is 0 Å². The predicted molar refractivity (Wildman–Crippen MR) is 68.5 cm³/mol. The SMILES string of the molecule is COCC(O)CN(C)Cc1nsc(N(C)C)n1. The fourth-order valence-electron chi connectivity index (χ4n) is 1.40. The fourth-order valence-corrected chi connectivity index (χ4v) is 2.00. The van der Waals surface area contributed by atoms with E-state index in [1.807, 2.05) is 30.9 Å². The molecule has 0 saturated heterocycles. The van der Waals surface area contributed by atoms with Crippen LogP contribution in [0, 0.1) is 0 Å². The van der Waals surface area contributed by atoms with Crippen LogP contribution >= 0.6 is 11.5 Å². The highest BCUT2D eigenvalue weighted by Crippen LogP contribution is 2.14. The molecule has 17 heavy (non-hydrogen) atoms. The summed E-state index contributed by atoms with van der Waals surface area (Å²) in [6.45, 7) is 1.52. The lowest BCUT2D eigenvalue weighted by atomic mass is 10.3. The normalized spacial score (nSPS) is 13.1. The van der Waals surface area contributed by atoms with Gasteiger partial charge in [-0.25, -0.2) is 4.98 Å². The summed E-state index contributed by atoms with van der Waals surface area (Å²) in [6, 6.07) is 0. The summed E-state index contributed by atoms with van der Waals surface area (Å²) in [5, 5.41) is 10.5. The van der Waals surface area contributed by atoms with Gasteiger partial charge in [-0.2, -0.15) is 4.37 Å². The molecule has 7 heteroatoms. The minimum Gasteiger partial charge on any atom is -0.389 e. The average Bonchev–Trinajstić information content (AvgIpc) is 2.66. The van der Waals surface area contributed by atoms with Gasteiger partial charge in [0.1, 0.15) is 0 Å². The maximum absolute atomic E-state index is 9.58. The standard InChI is InChI=1S/C10H20N4O2S/c1-13(2)10-11-9(12-17-10)6-14(3)5-8(15)7-16-4/h8,15H,5-7H2,1-4H3. The van der Waals surface area contributed by atoms with Crippen molar-refractivity contribution in [3.05, 3.63) is 5.82 Å². The molecular formula is C10H20N4O2S. The second-order valence-corrected chi connectivity index (χ2v) is 4.92. The monoisotopic (exact) mass is 260 g/mol. The molecule has 1 aromatic rings. The molecule has 1 rings (SSSR count). The second kappa shape index (κ2) is 6.85. The first-order chi connectivity index (χ1) is 8.02. The summed E-state index contributed by atoms with van der Waals surface area (Å²) in [7, 11) is 7.39. The molecule has 1 heterocycles. The van der Waals surface area contributed by atoms with Gasteiger partial charge >= 0.3 is 0 Å². The zero-order chi connectivity index (χ0) is 12.8. The van der Waals surface area contributed by atoms with E-state index in [1.54, 1.807) is 7.11 Å². The van der Waals surface area contributed by atoms with E-state index in [9.17, 15) is 5.11 Å². The fraction of sp³-hybridized carbons (Fsp3) is 0.800. The molecule has 0 aliphatic carbocycles. The van der Waals surface area contributed by atoms with Crippen molar-refractivity contribution in [1.82, 2.24) is 14.3 Å². The molecule has 0 spiro atoms. The van der Waals surface area contributed by atoms with Gasteiger partial charge in [0.05, 0.1) is 19.3 Å². The van der Waals surface area contributed by atoms with E-state index in [0.29, 0.717) is 19.7 Å². The Morgan fingerprint density at radius 2 is 2.12 bits per heavy atom. The Morgan fingerprint density at radius 3 is 2.65 bits per heavy atom. The highest BCUT2D eigenvalue weighted by Gasteiger charge is 2.11.